The Morgan fingerprint density at radius 3 is 2.29 bits per heavy atom. The van der Waals surface area contributed by atoms with Crippen LogP contribution in [-0.4, -0.2) is 20.9 Å². The van der Waals surface area contributed by atoms with Gasteiger partial charge in [0, 0.05) is 0 Å². The van der Waals surface area contributed by atoms with Gasteiger partial charge in [0.15, 0.2) is 0 Å². The maximum absolute atomic E-state index is 2.58. The minimum atomic E-state index is -0.141. The van der Waals surface area contributed by atoms with Gasteiger partial charge < -0.3 is 0 Å². The van der Waals surface area contributed by atoms with Crippen molar-refractivity contribution in [2.24, 2.45) is 5.41 Å². The van der Waals surface area contributed by atoms with Gasteiger partial charge in [-0.3, -0.25) is 0 Å². The molecular weight excluding hydrogens is 368 g/mol. The predicted octanol–water partition coefficient (Wildman–Crippen LogP) is 4.49. The van der Waals surface area contributed by atoms with E-state index in [1.165, 1.54) is 16.7 Å². The van der Waals surface area contributed by atoms with Crippen LogP contribution in [0.4, 0.5) is 0 Å². The second kappa shape index (κ2) is 5.99. The van der Waals surface area contributed by atoms with Crippen molar-refractivity contribution in [3.05, 3.63) is 71.8 Å². The molecule has 3 rings (SSSR count). The molecule has 0 saturated heterocycles. The molecule has 0 N–H and O–H groups in total. The van der Waals surface area contributed by atoms with Crippen molar-refractivity contribution in [1.29, 1.82) is 0 Å². The van der Waals surface area contributed by atoms with Gasteiger partial charge >= 0.3 is 138 Å². The van der Waals surface area contributed by atoms with Crippen LogP contribution in [-0.2, 0) is 6.42 Å². The molecule has 1 heteroatoms. The van der Waals surface area contributed by atoms with E-state index in [0.29, 0.717) is 5.41 Å². The van der Waals surface area contributed by atoms with E-state index in [0.717, 1.165) is 10.4 Å². The van der Waals surface area contributed by atoms with Crippen LogP contribution in [0.2, 0.25) is 3.97 Å². The van der Waals surface area contributed by atoms with Gasteiger partial charge in [0.1, 0.15) is 0 Å². The Balaban J connectivity index is 1.99. The first-order valence-electron chi connectivity index (χ1n) is 7.55. The molecule has 0 bridgehead atoms. The summed E-state index contributed by atoms with van der Waals surface area (Å²) in [6.07, 6.45) is 3.63. The number of hydrogen-bond donors (Lipinski definition) is 0. The summed E-state index contributed by atoms with van der Waals surface area (Å²) < 4.78 is 2.38. The third kappa shape index (κ3) is 3.42. The summed E-state index contributed by atoms with van der Waals surface area (Å²) in [7, 11) is 0. The molecule has 0 radical (unpaired) electrons. The van der Waals surface area contributed by atoms with E-state index >= 15 is 0 Å². The Labute approximate surface area is 138 Å². The Morgan fingerprint density at radius 1 is 0.905 bits per heavy atom. The first-order chi connectivity index (χ1) is 10.0. The Kier molecular flexibility index (Phi) is 4.25. The fourth-order valence-electron chi connectivity index (χ4n) is 2.67. The summed E-state index contributed by atoms with van der Waals surface area (Å²) in [5, 5.41) is 0. The second-order valence-electron chi connectivity index (χ2n) is 6.75. The summed E-state index contributed by atoms with van der Waals surface area (Å²) in [6.45, 7) is 7.15. The van der Waals surface area contributed by atoms with E-state index in [9.17, 15) is 0 Å². The van der Waals surface area contributed by atoms with Gasteiger partial charge in [-0.05, 0) is 0 Å². The molecule has 1 unspecified atom stereocenters. The van der Waals surface area contributed by atoms with E-state index < -0.39 is 0 Å². The van der Waals surface area contributed by atoms with Gasteiger partial charge in [-0.1, -0.05) is 0 Å². The summed E-state index contributed by atoms with van der Waals surface area (Å²) in [4.78, 5) is 0. The average Bonchev–Trinajstić information content (AvgIpc) is 2.47. The molecule has 0 aliphatic carbocycles. The van der Waals surface area contributed by atoms with Gasteiger partial charge in [0.25, 0.3) is 0 Å². The molecule has 0 nitrogen and oxygen atoms in total. The third-order valence-electron chi connectivity index (χ3n) is 3.93. The maximum atomic E-state index is 2.58. The zero-order valence-corrected chi connectivity index (χ0v) is 15.3. The average molecular weight is 390 g/mol. The van der Waals surface area contributed by atoms with Crippen LogP contribution in [0.1, 0.15) is 31.9 Å². The number of rotatable bonds is 2. The molecule has 0 saturated carbocycles. The van der Waals surface area contributed by atoms with Gasteiger partial charge in [0.05, 0.1) is 0 Å². The summed E-state index contributed by atoms with van der Waals surface area (Å²) in [5.41, 5.74) is 4.81. The zero-order valence-electron chi connectivity index (χ0n) is 13.0. The molecule has 2 aromatic carbocycles. The monoisotopic (exact) mass is 392 g/mol. The van der Waals surface area contributed by atoms with Crippen LogP contribution in [0.25, 0.3) is 5.57 Å². The first kappa shape index (κ1) is 14.9. The third-order valence-corrected chi connectivity index (χ3v) is 8.80. The molecule has 1 aliphatic heterocycles. The van der Waals surface area contributed by atoms with Crippen molar-refractivity contribution in [3.8, 4) is 0 Å². The first-order valence-corrected chi connectivity index (χ1v) is 10.1. The molecule has 1 atom stereocenters. The summed E-state index contributed by atoms with van der Waals surface area (Å²) in [6, 6.07) is 19.9. The minimum absolute atomic E-state index is 0.141. The molecule has 1 heterocycles. The molecule has 108 valence electrons. The summed E-state index contributed by atoms with van der Waals surface area (Å²) >= 11 is -0.141. The molecule has 2 aromatic rings. The molecule has 0 fully saturated rings. The number of allylic oxidation sites excluding steroid dienone is 2. The van der Waals surface area contributed by atoms with Crippen molar-refractivity contribution in [2.75, 3.05) is 0 Å². The van der Waals surface area contributed by atoms with Crippen LogP contribution in [0.5, 0.6) is 0 Å². The van der Waals surface area contributed by atoms with Crippen molar-refractivity contribution in [3.63, 3.8) is 0 Å². The molecule has 0 spiro atoms. The Bertz CT molecular complexity index is 647. The van der Waals surface area contributed by atoms with Crippen LogP contribution in [0.3, 0.4) is 0 Å². The van der Waals surface area contributed by atoms with E-state index in [-0.39, 0.29) is 20.9 Å². The van der Waals surface area contributed by atoms with Gasteiger partial charge in [0.2, 0.25) is 0 Å². The standard InChI is InChI=1S/C20H22Te/c1-20(2,3)19-14-16(13-15-9-5-4-6-10-15)17-11-7-8-12-18(17)21-19/h4-12,14,19H,13H2,1-3H3. The number of fused-ring (bicyclic) bond motifs is 1. The second-order valence-corrected chi connectivity index (χ2v) is 10.1. The normalized spacial score (nSPS) is 18.0. The topological polar surface area (TPSA) is 0 Å². The quantitative estimate of drug-likeness (QED) is 0.664. The SMILES string of the molecule is CC(C)(C)C1C=C(Cc2ccccc2)c2ccccc2[Te]1. The van der Waals surface area contributed by atoms with E-state index in [4.69, 9.17) is 0 Å². The Morgan fingerprint density at radius 2 is 1.57 bits per heavy atom. The van der Waals surface area contributed by atoms with Crippen LogP contribution >= 0.6 is 0 Å². The van der Waals surface area contributed by atoms with E-state index in [2.05, 4.69) is 81.4 Å². The fraction of sp³-hybridized carbons (Fsp3) is 0.300. The van der Waals surface area contributed by atoms with Crippen LogP contribution < -0.4 is 3.61 Å². The Hall–Kier alpha value is -1.03. The van der Waals surface area contributed by atoms with Crippen molar-refractivity contribution in [1.82, 2.24) is 0 Å². The molecule has 1 aliphatic rings. The van der Waals surface area contributed by atoms with E-state index in [1.807, 2.05) is 0 Å². The predicted molar refractivity (Wildman–Crippen MR) is 93.2 cm³/mol. The van der Waals surface area contributed by atoms with Gasteiger partial charge in [-0.15, -0.1) is 0 Å². The van der Waals surface area contributed by atoms with Crippen LogP contribution in [0, 0.1) is 5.41 Å². The molecular formula is C20H22Te. The van der Waals surface area contributed by atoms with Crippen molar-refractivity contribution >= 4 is 30.1 Å². The van der Waals surface area contributed by atoms with Crippen molar-refractivity contribution < 1.29 is 0 Å². The van der Waals surface area contributed by atoms with E-state index in [1.54, 1.807) is 3.61 Å². The zero-order chi connectivity index (χ0) is 14.9. The number of benzene rings is 2. The fourth-order valence-corrected chi connectivity index (χ4v) is 6.51. The van der Waals surface area contributed by atoms with Crippen molar-refractivity contribution in [2.45, 2.75) is 31.2 Å². The number of hydrogen-bond acceptors (Lipinski definition) is 0. The van der Waals surface area contributed by atoms with Gasteiger partial charge in [-0.2, -0.15) is 0 Å². The molecule has 0 amide bonds. The molecule has 0 aromatic heterocycles. The summed E-state index contributed by atoms with van der Waals surface area (Å²) in [5.74, 6) is 0. The molecule has 21 heavy (non-hydrogen) atoms. The van der Waals surface area contributed by atoms with Crippen LogP contribution in [0.15, 0.2) is 60.7 Å². The van der Waals surface area contributed by atoms with Gasteiger partial charge in [-0.25, -0.2) is 0 Å².